The van der Waals surface area contributed by atoms with Gasteiger partial charge in [-0.15, -0.1) is 0 Å². The lowest BCUT2D eigenvalue weighted by Crippen LogP contribution is -2.57. The first kappa shape index (κ1) is 14.4. The van der Waals surface area contributed by atoms with Crippen LogP contribution in [0.5, 0.6) is 0 Å². The third-order valence-corrected chi connectivity index (χ3v) is 3.19. The van der Waals surface area contributed by atoms with Crippen molar-refractivity contribution in [2.45, 2.75) is 71.2 Å². The standard InChI is InChI=1S/C13H24FNO2/c1-11(2,3)17-10(16)13(14)8-12(4,5)7-6-9(13)15/h9H,6-8,15H2,1-5H3. The summed E-state index contributed by atoms with van der Waals surface area (Å²) in [6.07, 6.45) is 1.49. The van der Waals surface area contributed by atoms with Crippen LogP contribution in [0, 0.1) is 5.41 Å². The summed E-state index contributed by atoms with van der Waals surface area (Å²) < 4.78 is 19.9. The second-order valence-corrected chi connectivity index (χ2v) is 6.85. The van der Waals surface area contributed by atoms with Crippen molar-refractivity contribution in [1.29, 1.82) is 0 Å². The molecule has 1 rings (SSSR count). The predicted molar refractivity (Wildman–Crippen MR) is 65.3 cm³/mol. The third kappa shape index (κ3) is 3.41. The Morgan fingerprint density at radius 1 is 1.41 bits per heavy atom. The summed E-state index contributed by atoms with van der Waals surface area (Å²) in [4.78, 5) is 12.0. The molecule has 0 saturated heterocycles. The molecule has 1 saturated carbocycles. The van der Waals surface area contributed by atoms with Crippen LogP contribution in [0.15, 0.2) is 0 Å². The van der Waals surface area contributed by atoms with Crippen molar-refractivity contribution in [1.82, 2.24) is 0 Å². The fraction of sp³-hybridized carbons (Fsp3) is 0.923. The average molecular weight is 245 g/mol. The summed E-state index contributed by atoms with van der Waals surface area (Å²) in [7, 11) is 0. The molecule has 2 atom stereocenters. The molecule has 3 nitrogen and oxygen atoms in total. The predicted octanol–water partition coefficient (Wildman–Crippen LogP) is 2.57. The van der Waals surface area contributed by atoms with Gasteiger partial charge in [0.05, 0.1) is 0 Å². The molecule has 0 bridgehead atoms. The van der Waals surface area contributed by atoms with Crippen LogP contribution in [0.2, 0.25) is 0 Å². The van der Waals surface area contributed by atoms with Crippen molar-refractivity contribution in [3.05, 3.63) is 0 Å². The minimum atomic E-state index is -2.05. The summed E-state index contributed by atoms with van der Waals surface area (Å²) in [5.41, 5.74) is 2.84. The second kappa shape index (κ2) is 4.23. The number of hydrogen-bond donors (Lipinski definition) is 1. The van der Waals surface area contributed by atoms with Gasteiger partial charge in [-0.2, -0.15) is 0 Å². The molecule has 100 valence electrons. The highest BCUT2D eigenvalue weighted by molar-refractivity contribution is 5.81. The summed E-state index contributed by atoms with van der Waals surface area (Å²) in [6.45, 7) is 9.10. The van der Waals surface area contributed by atoms with Gasteiger partial charge in [-0.25, -0.2) is 9.18 Å². The van der Waals surface area contributed by atoms with Crippen molar-refractivity contribution in [3.63, 3.8) is 0 Å². The minimum absolute atomic E-state index is 0.135. The Bertz CT molecular complexity index is 309. The Balaban J connectivity index is 2.87. The molecule has 0 heterocycles. The van der Waals surface area contributed by atoms with Crippen molar-refractivity contribution < 1.29 is 13.9 Å². The van der Waals surface area contributed by atoms with E-state index in [0.717, 1.165) is 6.42 Å². The Morgan fingerprint density at radius 2 is 1.94 bits per heavy atom. The molecule has 0 aromatic rings. The number of halogens is 1. The molecule has 1 fully saturated rings. The van der Waals surface area contributed by atoms with Gasteiger partial charge in [-0.05, 0) is 45.4 Å². The number of carbonyl (C=O) groups is 1. The molecular weight excluding hydrogens is 221 g/mol. The molecule has 0 spiro atoms. The molecule has 1 aliphatic carbocycles. The average Bonchev–Trinajstić information content (AvgIpc) is 2.08. The first-order valence-corrected chi connectivity index (χ1v) is 6.14. The lowest BCUT2D eigenvalue weighted by atomic mass is 9.68. The number of hydrogen-bond acceptors (Lipinski definition) is 3. The molecule has 0 aliphatic heterocycles. The molecule has 2 N–H and O–H groups in total. The van der Waals surface area contributed by atoms with E-state index in [4.69, 9.17) is 10.5 Å². The van der Waals surface area contributed by atoms with Crippen LogP contribution < -0.4 is 5.73 Å². The SMILES string of the molecule is CC1(C)CCC(N)C(F)(C(=O)OC(C)(C)C)C1. The van der Waals surface area contributed by atoms with Gasteiger partial charge in [-0.3, -0.25) is 0 Å². The number of rotatable bonds is 1. The maximum Gasteiger partial charge on any atom is 0.346 e. The van der Waals surface area contributed by atoms with E-state index in [2.05, 4.69) is 0 Å². The summed E-state index contributed by atoms with van der Waals surface area (Å²) in [5.74, 6) is -0.815. The van der Waals surface area contributed by atoms with Crippen molar-refractivity contribution in [2.75, 3.05) is 0 Å². The van der Waals surface area contributed by atoms with E-state index < -0.39 is 23.3 Å². The van der Waals surface area contributed by atoms with E-state index in [0.29, 0.717) is 6.42 Å². The lowest BCUT2D eigenvalue weighted by Gasteiger charge is -2.42. The smallest absolute Gasteiger partial charge is 0.346 e. The van der Waals surface area contributed by atoms with Gasteiger partial charge in [0, 0.05) is 6.04 Å². The van der Waals surface area contributed by atoms with E-state index in [-0.39, 0.29) is 11.8 Å². The Kier molecular flexibility index (Phi) is 3.59. The fourth-order valence-corrected chi connectivity index (χ4v) is 2.28. The van der Waals surface area contributed by atoms with E-state index in [1.54, 1.807) is 20.8 Å². The first-order valence-electron chi connectivity index (χ1n) is 6.14. The topological polar surface area (TPSA) is 52.3 Å². The Morgan fingerprint density at radius 3 is 2.41 bits per heavy atom. The van der Waals surface area contributed by atoms with Crippen LogP contribution in [-0.4, -0.2) is 23.3 Å². The summed E-state index contributed by atoms with van der Waals surface area (Å²) in [6, 6.07) is -0.759. The second-order valence-electron chi connectivity index (χ2n) is 6.85. The van der Waals surface area contributed by atoms with Gasteiger partial charge < -0.3 is 10.5 Å². The monoisotopic (exact) mass is 245 g/mol. The third-order valence-electron chi connectivity index (χ3n) is 3.19. The number of nitrogens with two attached hydrogens (primary N) is 1. The zero-order valence-electron chi connectivity index (χ0n) is 11.5. The molecule has 2 unspecified atom stereocenters. The van der Waals surface area contributed by atoms with Gasteiger partial charge >= 0.3 is 5.97 Å². The maximum absolute atomic E-state index is 14.8. The van der Waals surface area contributed by atoms with Gasteiger partial charge in [0.2, 0.25) is 5.67 Å². The van der Waals surface area contributed by atoms with Gasteiger partial charge in [0.25, 0.3) is 0 Å². The van der Waals surface area contributed by atoms with Gasteiger partial charge in [0.15, 0.2) is 0 Å². The zero-order chi connectivity index (χ0) is 13.5. The number of carbonyl (C=O) groups excluding carboxylic acids is 1. The van der Waals surface area contributed by atoms with Crippen LogP contribution in [0.3, 0.4) is 0 Å². The van der Waals surface area contributed by atoms with E-state index in [1.807, 2.05) is 13.8 Å². The number of ether oxygens (including phenoxy) is 1. The molecule has 4 heteroatoms. The molecule has 0 amide bonds. The maximum atomic E-state index is 14.8. The first-order chi connectivity index (χ1) is 7.46. The largest absolute Gasteiger partial charge is 0.458 e. The molecule has 1 aliphatic rings. The van der Waals surface area contributed by atoms with E-state index in [9.17, 15) is 9.18 Å². The van der Waals surface area contributed by atoms with Crippen LogP contribution >= 0.6 is 0 Å². The normalized spacial score (nSPS) is 33.2. The minimum Gasteiger partial charge on any atom is -0.458 e. The van der Waals surface area contributed by atoms with Crippen LogP contribution in [0.4, 0.5) is 4.39 Å². The highest BCUT2D eigenvalue weighted by Gasteiger charge is 2.53. The van der Waals surface area contributed by atoms with Crippen LogP contribution in [0.1, 0.15) is 53.9 Å². The fourth-order valence-electron chi connectivity index (χ4n) is 2.28. The highest BCUT2D eigenvalue weighted by atomic mass is 19.1. The quantitative estimate of drug-likeness (QED) is 0.722. The molecule has 0 aromatic carbocycles. The number of esters is 1. The van der Waals surface area contributed by atoms with E-state index >= 15 is 0 Å². The summed E-state index contributed by atoms with van der Waals surface area (Å²) >= 11 is 0. The van der Waals surface area contributed by atoms with Crippen molar-refractivity contribution >= 4 is 5.97 Å². The molecule has 17 heavy (non-hydrogen) atoms. The molecular formula is C13H24FNO2. The lowest BCUT2D eigenvalue weighted by molar-refractivity contribution is -0.176. The van der Waals surface area contributed by atoms with Gasteiger partial charge in [-0.1, -0.05) is 13.8 Å². The van der Waals surface area contributed by atoms with Crippen LogP contribution in [-0.2, 0) is 9.53 Å². The van der Waals surface area contributed by atoms with Crippen molar-refractivity contribution in [2.24, 2.45) is 11.1 Å². The van der Waals surface area contributed by atoms with Crippen molar-refractivity contribution in [3.8, 4) is 0 Å². The van der Waals surface area contributed by atoms with Crippen LogP contribution in [0.25, 0.3) is 0 Å². The summed E-state index contributed by atoms with van der Waals surface area (Å²) in [5, 5.41) is 0. The highest BCUT2D eigenvalue weighted by Crippen LogP contribution is 2.43. The molecule has 0 aromatic heterocycles. The Labute approximate surface area is 103 Å². The van der Waals surface area contributed by atoms with Gasteiger partial charge in [0.1, 0.15) is 5.60 Å². The molecule has 0 radical (unpaired) electrons. The number of alkyl halides is 1. The zero-order valence-corrected chi connectivity index (χ0v) is 11.5. The van der Waals surface area contributed by atoms with E-state index in [1.165, 1.54) is 0 Å². The Hall–Kier alpha value is -0.640.